The fourth-order valence-electron chi connectivity index (χ4n) is 2.38. The maximum Gasteiger partial charge on any atom is 0.308 e. The number of carbonyl (C=O) groups is 1. The Morgan fingerprint density at radius 1 is 1.56 bits per heavy atom. The summed E-state index contributed by atoms with van der Waals surface area (Å²) in [5, 5.41) is 2.05. The molecule has 1 fully saturated rings. The first-order valence-electron chi connectivity index (χ1n) is 5.94. The monoisotopic (exact) mass is 262 g/mol. The van der Waals surface area contributed by atoms with Crippen molar-refractivity contribution in [3.63, 3.8) is 0 Å². The van der Waals surface area contributed by atoms with E-state index in [0.717, 1.165) is 18.7 Å². The van der Waals surface area contributed by atoms with Crippen LogP contribution in [0.2, 0.25) is 0 Å². The molecule has 0 unspecified atom stereocenters. The molecule has 2 aromatic heterocycles. The Hall–Kier alpha value is -1.62. The Balaban J connectivity index is 1.76. The first-order valence-corrected chi connectivity index (χ1v) is 6.82. The molecule has 0 aromatic carbocycles. The first kappa shape index (κ1) is 11.5. The number of ether oxygens (including phenoxy) is 1. The number of carbonyl (C=O) groups excluding carboxylic acids is 1. The lowest BCUT2D eigenvalue weighted by Gasteiger charge is -2.34. The summed E-state index contributed by atoms with van der Waals surface area (Å²) in [7, 11) is 1.45. The second-order valence-electron chi connectivity index (χ2n) is 4.48. The van der Waals surface area contributed by atoms with Gasteiger partial charge in [0.05, 0.1) is 17.9 Å². The highest BCUT2D eigenvalue weighted by molar-refractivity contribution is 7.13. The SMILES string of the molecule is COC(=O)C1CC(n2ccnc2-c2cccs2)C1. The molecular weight excluding hydrogens is 248 g/mol. The lowest BCUT2D eigenvalue weighted by atomic mass is 9.80. The molecule has 0 atom stereocenters. The van der Waals surface area contributed by atoms with E-state index < -0.39 is 0 Å². The molecule has 3 rings (SSSR count). The number of esters is 1. The van der Waals surface area contributed by atoms with Gasteiger partial charge in [-0.1, -0.05) is 6.07 Å². The average molecular weight is 262 g/mol. The van der Waals surface area contributed by atoms with E-state index in [1.807, 2.05) is 23.8 Å². The molecule has 0 N–H and O–H groups in total. The van der Waals surface area contributed by atoms with Gasteiger partial charge in [-0.3, -0.25) is 4.79 Å². The van der Waals surface area contributed by atoms with Gasteiger partial charge in [-0.15, -0.1) is 11.3 Å². The zero-order valence-corrected chi connectivity index (χ0v) is 10.9. The van der Waals surface area contributed by atoms with Crippen molar-refractivity contribution in [1.82, 2.24) is 9.55 Å². The summed E-state index contributed by atoms with van der Waals surface area (Å²) in [5.74, 6) is 0.959. The number of imidazole rings is 1. The molecule has 0 spiro atoms. The summed E-state index contributed by atoms with van der Waals surface area (Å²) in [6.45, 7) is 0. The molecule has 0 aliphatic heterocycles. The van der Waals surface area contributed by atoms with Crippen molar-refractivity contribution in [2.24, 2.45) is 5.92 Å². The van der Waals surface area contributed by atoms with Crippen molar-refractivity contribution in [3.05, 3.63) is 29.9 Å². The van der Waals surface area contributed by atoms with Gasteiger partial charge in [-0.25, -0.2) is 4.98 Å². The van der Waals surface area contributed by atoms with Gasteiger partial charge in [-0.05, 0) is 24.3 Å². The second-order valence-corrected chi connectivity index (χ2v) is 5.43. The van der Waals surface area contributed by atoms with Crippen LogP contribution in [0.4, 0.5) is 0 Å². The van der Waals surface area contributed by atoms with Gasteiger partial charge in [0.15, 0.2) is 0 Å². The van der Waals surface area contributed by atoms with Crippen molar-refractivity contribution in [3.8, 4) is 10.7 Å². The summed E-state index contributed by atoms with van der Waals surface area (Å²) < 4.78 is 6.93. The van der Waals surface area contributed by atoms with Crippen LogP contribution in [0.25, 0.3) is 10.7 Å². The summed E-state index contributed by atoms with van der Waals surface area (Å²) in [4.78, 5) is 17.0. The van der Waals surface area contributed by atoms with Gasteiger partial charge < -0.3 is 9.30 Å². The molecule has 18 heavy (non-hydrogen) atoms. The average Bonchev–Trinajstić information content (AvgIpc) is 2.96. The third-order valence-corrected chi connectivity index (χ3v) is 4.32. The normalized spacial score (nSPS) is 22.5. The van der Waals surface area contributed by atoms with E-state index in [1.165, 1.54) is 12.0 Å². The molecule has 2 heterocycles. The third-order valence-electron chi connectivity index (χ3n) is 3.45. The Kier molecular flexibility index (Phi) is 2.91. The van der Waals surface area contributed by atoms with E-state index >= 15 is 0 Å². The van der Waals surface area contributed by atoms with Gasteiger partial charge in [0.1, 0.15) is 5.82 Å². The smallest absolute Gasteiger partial charge is 0.308 e. The van der Waals surface area contributed by atoms with Gasteiger partial charge in [0, 0.05) is 18.4 Å². The van der Waals surface area contributed by atoms with Crippen LogP contribution in [0.3, 0.4) is 0 Å². The van der Waals surface area contributed by atoms with Crippen molar-refractivity contribution < 1.29 is 9.53 Å². The zero-order valence-electron chi connectivity index (χ0n) is 10.1. The van der Waals surface area contributed by atoms with Crippen molar-refractivity contribution >= 4 is 17.3 Å². The summed E-state index contributed by atoms with van der Waals surface area (Å²) in [6.07, 6.45) is 5.51. The van der Waals surface area contributed by atoms with Gasteiger partial charge in [0.2, 0.25) is 0 Å². The number of hydrogen-bond acceptors (Lipinski definition) is 4. The van der Waals surface area contributed by atoms with Gasteiger partial charge >= 0.3 is 5.97 Å². The lowest BCUT2D eigenvalue weighted by molar-refractivity contribution is -0.149. The number of aromatic nitrogens is 2. The van der Waals surface area contributed by atoms with Crippen molar-refractivity contribution in [1.29, 1.82) is 0 Å². The number of nitrogens with zero attached hydrogens (tertiary/aromatic N) is 2. The Labute approximate surface area is 109 Å². The molecule has 0 amide bonds. The fraction of sp³-hybridized carbons (Fsp3) is 0.385. The quantitative estimate of drug-likeness (QED) is 0.799. The van der Waals surface area contributed by atoms with Crippen LogP contribution in [0.15, 0.2) is 29.9 Å². The van der Waals surface area contributed by atoms with Crippen LogP contribution in [0.1, 0.15) is 18.9 Å². The van der Waals surface area contributed by atoms with E-state index in [-0.39, 0.29) is 11.9 Å². The Morgan fingerprint density at radius 2 is 2.39 bits per heavy atom. The van der Waals surface area contributed by atoms with Crippen LogP contribution >= 0.6 is 11.3 Å². The molecule has 94 valence electrons. The molecule has 5 heteroatoms. The summed E-state index contributed by atoms with van der Waals surface area (Å²) in [5.41, 5.74) is 0. The molecule has 0 radical (unpaired) electrons. The molecule has 1 aliphatic carbocycles. The van der Waals surface area contributed by atoms with E-state index in [0.29, 0.717) is 6.04 Å². The molecule has 1 aliphatic rings. The number of methoxy groups -OCH3 is 1. The van der Waals surface area contributed by atoms with Crippen LogP contribution in [-0.2, 0) is 9.53 Å². The molecule has 4 nitrogen and oxygen atoms in total. The van der Waals surface area contributed by atoms with Crippen LogP contribution in [0, 0.1) is 5.92 Å². The topological polar surface area (TPSA) is 44.1 Å². The zero-order chi connectivity index (χ0) is 12.5. The minimum Gasteiger partial charge on any atom is -0.469 e. The van der Waals surface area contributed by atoms with E-state index in [4.69, 9.17) is 4.74 Å². The second kappa shape index (κ2) is 4.57. The molecular formula is C13H14N2O2S. The van der Waals surface area contributed by atoms with Gasteiger partial charge in [-0.2, -0.15) is 0 Å². The largest absolute Gasteiger partial charge is 0.469 e. The van der Waals surface area contributed by atoms with Crippen LogP contribution in [-0.4, -0.2) is 22.6 Å². The number of hydrogen-bond donors (Lipinski definition) is 0. The summed E-state index contributed by atoms with van der Waals surface area (Å²) >= 11 is 1.68. The Bertz CT molecular complexity index is 541. The molecule has 2 aromatic rings. The standard InChI is InChI=1S/C13H14N2O2S/c1-17-13(16)9-7-10(8-9)15-5-4-14-12(15)11-3-2-6-18-11/h2-6,9-10H,7-8H2,1H3. The van der Waals surface area contributed by atoms with E-state index in [1.54, 1.807) is 11.3 Å². The fourth-order valence-corrected chi connectivity index (χ4v) is 3.10. The predicted octanol–water partition coefficient (Wildman–Crippen LogP) is 2.74. The number of rotatable bonds is 3. The first-order chi connectivity index (χ1) is 8.79. The third kappa shape index (κ3) is 1.84. The minimum absolute atomic E-state index is 0.0542. The highest BCUT2D eigenvalue weighted by atomic mass is 32.1. The maximum atomic E-state index is 11.4. The molecule has 1 saturated carbocycles. The number of thiophene rings is 1. The molecule has 0 bridgehead atoms. The Morgan fingerprint density at radius 3 is 3.06 bits per heavy atom. The van der Waals surface area contributed by atoms with E-state index in [9.17, 15) is 4.79 Å². The van der Waals surface area contributed by atoms with Crippen LogP contribution < -0.4 is 0 Å². The van der Waals surface area contributed by atoms with Crippen molar-refractivity contribution in [2.75, 3.05) is 7.11 Å². The highest BCUT2D eigenvalue weighted by Gasteiger charge is 2.37. The van der Waals surface area contributed by atoms with Crippen molar-refractivity contribution in [2.45, 2.75) is 18.9 Å². The lowest BCUT2D eigenvalue weighted by Crippen LogP contribution is -2.33. The predicted molar refractivity (Wildman–Crippen MR) is 69.3 cm³/mol. The maximum absolute atomic E-state index is 11.4. The molecule has 0 saturated heterocycles. The minimum atomic E-state index is -0.0935. The summed E-state index contributed by atoms with van der Waals surface area (Å²) in [6, 6.07) is 4.46. The van der Waals surface area contributed by atoms with Gasteiger partial charge in [0.25, 0.3) is 0 Å². The highest BCUT2D eigenvalue weighted by Crippen LogP contribution is 2.40. The van der Waals surface area contributed by atoms with Crippen LogP contribution in [0.5, 0.6) is 0 Å². The van der Waals surface area contributed by atoms with E-state index in [2.05, 4.69) is 15.6 Å².